The molecule has 2 aromatic carbocycles. The minimum Gasteiger partial charge on any atom is -0.394 e. The van der Waals surface area contributed by atoms with Crippen LogP contribution in [0, 0.1) is 18.8 Å². The molecular formula is C35H44N2O2. The average molecular weight is 525 g/mol. The molecule has 206 valence electrons. The zero-order valence-electron chi connectivity index (χ0n) is 23.4. The molecule has 2 unspecified atom stereocenters. The molecule has 1 aromatic heterocycles. The molecule has 0 saturated heterocycles. The van der Waals surface area contributed by atoms with E-state index in [4.69, 9.17) is 0 Å². The average Bonchev–Trinajstić information content (AvgIpc) is 3.08. The Bertz CT molecular complexity index is 1290. The number of aliphatic hydroxyl groups is 1. The number of allylic oxidation sites excluding steroid dienone is 3. The fraction of sp³-hybridized carbons (Fsp3) is 0.457. The van der Waals surface area contributed by atoms with Crippen molar-refractivity contribution in [3.63, 3.8) is 0 Å². The number of aryl methyl sites for hydroxylation is 1. The van der Waals surface area contributed by atoms with Crippen molar-refractivity contribution in [2.24, 2.45) is 11.8 Å². The van der Waals surface area contributed by atoms with Gasteiger partial charge in [0.25, 0.3) is 0 Å². The normalized spacial score (nSPS) is 21.5. The van der Waals surface area contributed by atoms with Crippen LogP contribution in [0.15, 0.2) is 84.0 Å². The highest BCUT2D eigenvalue weighted by Crippen LogP contribution is 2.37. The van der Waals surface area contributed by atoms with Crippen LogP contribution in [-0.2, 0) is 11.3 Å². The van der Waals surface area contributed by atoms with Crippen molar-refractivity contribution in [2.75, 3.05) is 6.61 Å². The van der Waals surface area contributed by atoms with Crippen LogP contribution < -0.4 is 5.32 Å². The highest BCUT2D eigenvalue weighted by Gasteiger charge is 2.33. The van der Waals surface area contributed by atoms with E-state index < -0.39 is 0 Å². The van der Waals surface area contributed by atoms with Gasteiger partial charge in [0, 0.05) is 17.8 Å². The van der Waals surface area contributed by atoms with Gasteiger partial charge in [0.15, 0.2) is 0 Å². The van der Waals surface area contributed by atoms with Crippen molar-refractivity contribution >= 4 is 16.8 Å². The number of para-hydroxylation sites is 1. The van der Waals surface area contributed by atoms with E-state index in [1.54, 1.807) is 0 Å². The summed E-state index contributed by atoms with van der Waals surface area (Å²) in [7, 11) is 0. The molecule has 1 heterocycles. The third-order valence-corrected chi connectivity index (χ3v) is 8.88. The van der Waals surface area contributed by atoms with Crippen molar-refractivity contribution in [2.45, 2.75) is 83.7 Å². The van der Waals surface area contributed by atoms with Gasteiger partial charge in [0.2, 0.25) is 5.91 Å². The molecule has 0 spiro atoms. The lowest BCUT2D eigenvalue weighted by Gasteiger charge is -2.30. The Labute approximate surface area is 233 Å². The molecule has 0 aliphatic heterocycles. The number of hydrogen-bond acceptors (Lipinski definition) is 2. The molecular weight excluding hydrogens is 480 g/mol. The zero-order valence-corrected chi connectivity index (χ0v) is 23.4. The third kappa shape index (κ3) is 6.73. The summed E-state index contributed by atoms with van der Waals surface area (Å²) in [6.45, 7) is 3.04. The lowest BCUT2D eigenvalue weighted by molar-refractivity contribution is -0.126. The number of nitrogens with zero attached hydrogens (tertiary/aromatic N) is 1. The van der Waals surface area contributed by atoms with Crippen molar-refractivity contribution < 1.29 is 9.90 Å². The maximum atomic E-state index is 14.0. The van der Waals surface area contributed by atoms with Crippen LogP contribution in [0.3, 0.4) is 0 Å². The number of carbonyl (C=O) groups is 1. The summed E-state index contributed by atoms with van der Waals surface area (Å²) >= 11 is 0. The molecule has 4 nitrogen and oxygen atoms in total. The predicted molar refractivity (Wildman–Crippen MR) is 160 cm³/mol. The molecule has 1 amide bonds. The third-order valence-electron chi connectivity index (χ3n) is 8.88. The van der Waals surface area contributed by atoms with Gasteiger partial charge in [-0.1, -0.05) is 97.5 Å². The molecule has 1 saturated carbocycles. The van der Waals surface area contributed by atoms with E-state index >= 15 is 0 Å². The Morgan fingerprint density at radius 1 is 0.949 bits per heavy atom. The lowest BCUT2D eigenvalue weighted by Crippen LogP contribution is -2.39. The van der Waals surface area contributed by atoms with Crippen LogP contribution in [-0.4, -0.2) is 22.2 Å². The second-order valence-corrected chi connectivity index (χ2v) is 11.5. The summed E-state index contributed by atoms with van der Waals surface area (Å²) in [4.78, 5) is 14.0. The monoisotopic (exact) mass is 524 g/mol. The zero-order chi connectivity index (χ0) is 27.0. The highest BCUT2D eigenvalue weighted by atomic mass is 16.3. The largest absolute Gasteiger partial charge is 0.394 e. The maximum absolute atomic E-state index is 14.0. The number of hydrogen-bond donors (Lipinski definition) is 2. The Morgan fingerprint density at radius 3 is 2.46 bits per heavy atom. The molecule has 39 heavy (non-hydrogen) atoms. The molecule has 2 atom stereocenters. The quantitative estimate of drug-likeness (QED) is 0.233. The van der Waals surface area contributed by atoms with E-state index in [1.807, 2.05) is 30.3 Å². The van der Waals surface area contributed by atoms with Crippen LogP contribution in [0.4, 0.5) is 0 Å². The number of aromatic nitrogens is 1. The van der Waals surface area contributed by atoms with E-state index in [0.717, 1.165) is 50.6 Å². The van der Waals surface area contributed by atoms with Gasteiger partial charge >= 0.3 is 0 Å². The summed E-state index contributed by atoms with van der Waals surface area (Å²) < 4.78 is 2.44. The second kappa shape index (κ2) is 13.3. The number of rotatable bonds is 8. The first kappa shape index (κ1) is 27.5. The van der Waals surface area contributed by atoms with E-state index in [-0.39, 0.29) is 24.5 Å². The number of nitrogens with one attached hydrogen (secondary N) is 1. The molecule has 4 heteroatoms. The second-order valence-electron chi connectivity index (χ2n) is 11.5. The Hall–Kier alpha value is -3.11. The van der Waals surface area contributed by atoms with Crippen LogP contribution in [0.25, 0.3) is 10.9 Å². The molecule has 1 fully saturated rings. The Kier molecular flexibility index (Phi) is 9.36. The molecule has 0 radical (unpaired) electrons. The van der Waals surface area contributed by atoms with E-state index in [2.05, 4.69) is 59.3 Å². The lowest BCUT2D eigenvalue weighted by atomic mass is 9.77. The number of carbonyl (C=O) groups excluding carboxylic acids is 1. The van der Waals surface area contributed by atoms with Gasteiger partial charge in [0.05, 0.1) is 18.6 Å². The van der Waals surface area contributed by atoms with Crippen LogP contribution >= 0.6 is 0 Å². The van der Waals surface area contributed by atoms with Gasteiger partial charge in [-0.3, -0.25) is 4.79 Å². The standard InChI is InChI=1S/C35H44N2O2/c1-26-23-31-19-9-10-22-33(31)37(26)24-27-13-11-20-30(21-12-14-27)34(29-17-5-2-3-6-18-29)35(39)36-32(25-38)28-15-7-4-8-16-28/h4,7-10,13,15-16,19-20,22-23,29,32,34,38H,2-3,5-6,11-12,14,17-18,21,24-25H2,1H3,(H,36,39)/b27-13+,30-20+. The van der Waals surface area contributed by atoms with Gasteiger partial charge < -0.3 is 15.0 Å². The Balaban J connectivity index is 1.36. The first-order chi connectivity index (χ1) is 19.1. The molecule has 5 rings (SSSR count). The minimum atomic E-state index is -0.368. The van der Waals surface area contributed by atoms with Crippen LogP contribution in [0.2, 0.25) is 0 Å². The first-order valence-corrected chi connectivity index (χ1v) is 15.0. The summed E-state index contributed by atoms with van der Waals surface area (Å²) in [5.41, 5.74) is 6.35. The minimum absolute atomic E-state index is 0.0915. The molecule has 2 aliphatic rings. The van der Waals surface area contributed by atoms with Crippen LogP contribution in [0.5, 0.6) is 0 Å². The summed E-state index contributed by atoms with van der Waals surface area (Å²) in [5.74, 6) is 0.368. The molecule has 3 aromatic rings. The predicted octanol–water partition coefficient (Wildman–Crippen LogP) is 7.81. The van der Waals surface area contributed by atoms with E-state index in [9.17, 15) is 9.90 Å². The number of aliphatic hydroxyl groups excluding tert-OH is 1. The van der Waals surface area contributed by atoms with Crippen molar-refractivity contribution in [1.82, 2.24) is 9.88 Å². The van der Waals surface area contributed by atoms with Crippen LogP contribution in [0.1, 0.15) is 81.5 Å². The highest BCUT2D eigenvalue weighted by molar-refractivity contribution is 5.82. The fourth-order valence-electron chi connectivity index (χ4n) is 6.80. The SMILES string of the molecule is Cc1cc2ccccc2n1C/C1=C/C/C=C(/C(C(=O)NC(CO)c2ccccc2)C2CCCCCC2)CCC1. The van der Waals surface area contributed by atoms with Crippen molar-refractivity contribution in [3.05, 3.63) is 95.2 Å². The van der Waals surface area contributed by atoms with Crippen molar-refractivity contribution in [3.8, 4) is 0 Å². The number of amides is 1. The number of fused-ring (bicyclic) bond motifs is 1. The number of benzene rings is 2. The topological polar surface area (TPSA) is 54.3 Å². The molecule has 0 bridgehead atoms. The fourth-order valence-corrected chi connectivity index (χ4v) is 6.80. The maximum Gasteiger partial charge on any atom is 0.228 e. The van der Waals surface area contributed by atoms with Gasteiger partial charge in [-0.2, -0.15) is 0 Å². The van der Waals surface area contributed by atoms with Gasteiger partial charge in [-0.15, -0.1) is 0 Å². The Morgan fingerprint density at radius 2 is 1.69 bits per heavy atom. The van der Waals surface area contributed by atoms with E-state index in [0.29, 0.717) is 5.92 Å². The van der Waals surface area contributed by atoms with E-state index in [1.165, 1.54) is 53.4 Å². The van der Waals surface area contributed by atoms with Crippen molar-refractivity contribution in [1.29, 1.82) is 0 Å². The summed E-state index contributed by atoms with van der Waals surface area (Å²) in [5, 5.41) is 14.7. The van der Waals surface area contributed by atoms with Gasteiger partial charge in [0.1, 0.15) is 0 Å². The first-order valence-electron chi connectivity index (χ1n) is 15.0. The summed E-state index contributed by atoms with van der Waals surface area (Å²) in [6, 6.07) is 20.4. The molecule has 2 aliphatic carbocycles. The van der Waals surface area contributed by atoms with Gasteiger partial charge in [-0.05, 0) is 74.4 Å². The molecule has 2 N–H and O–H groups in total. The van der Waals surface area contributed by atoms with Gasteiger partial charge in [-0.25, -0.2) is 0 Å². The smallest absolute Gasteiger partial charge is 0.228 e. The summed E-state index contributed by atoms with van der Waals surface area (Å²) in [6.07, 6.45) is 15.9.